The van der Waals surface area contributed by atoms with Gasteiger partial charge in [0.25, 0.3) is 0 Å². The van der Waals surface area contributed by atoms with Crippen molar-refractivity contribution in [3.05, 3.63) is 0 Å². The van der Waals surface area contributed by atoms with E-state index in [2.05, 4.69) is 10.6 Å². The van der Waals surface area contributed by atoms with Crippen molar-refractivity contribution in [2.45, 2.75) is 51.3 Å². The Morgan fingerprint density at radius 3 is 2.72 bits per heavy atom. The highest BCUT2D eigenvalue weighted by Crippen LogP contribution is 2.20. The van der Waals surface area contributed by atoms with Crippen LogP contribution in [0.2, 0.25) is 0 Å². The van der Waals surface area contributed by atoms with Crippen molar-refractivity contribution >= 4 is 6.09 Å². The van der Waals surface area contributed by atoms with Gasteiger partial charge in [-0.05, 0) is 33.6 Å². The minimum absolute atomic E-state index is 0.168. The third-order valence-corrected chi connectivity index (χ3v) is 3.43. The molecule has 0 aromatic rings. The van der Waals surface area contributed by atoms with E-state index in [1.54, 1.807) is 0 Å². The smallest absolute Gasteiger partial charge is 0.410 e. The van der Waals surface area contributed by atoms with Crippen molar-refractivity contribution < 1.29 is 9.53 Å². The third-order valence-electron chi connectivity index (χ3n) is 3.43. The molecule has 5 heteroatoms. The standard InChI is InChI=1S/C13H25N3O2/c1-13(2,3)18-12(17)16-6-4-5-11(16)9-15-10-7-14-8-10/h10-11,14-15H,4-9H2,1-3H3. The SMILES string of the molecule is CC(C)(C)OC(=O)N1CCCC1CNC1CNC1. The summed E-state index contributed by atoms with van der Waals surface area (Å²) >= 11 is 0. The van der Waals surface area contributed by atoms with Gasteiger partial charge in [0.2, 0.25) is 0 Å². The minimum Gasteiger partial charge on any atom is -0.444 e. The van der Waals surface area contributed by atoms with Gasteiger partial charge >= 0.3 is 6.09 Å². The second kappa shape index (κ2) is 5.45. The number of rotatable bonds is 3. The summed E-state index contributed by atoms with van der Waals surface area (Å²) in [5.41, 5.74) is -0.407. The number of hydrogen-bond donors (Lipinski definition) is 2. The highest BCUT2D eigenvalue weighted by atomic mass is 16.6. The van der Waals surface area contributed by atoms with Crippen molar-refractivity contribution in [1.82, 2.24) is 15.5 Å². The van der Waals surface area contributed by atoms with Gasteiger partial charge in [0.15, 0.2) is 0 Å². The average molecular weight is 255 g/mol. The molecule has 0 aromatic heterocycles. The first-order chi connectivity index (χ1) is 8.46. The predicted molar refractivity (Wildman–Crippen MR) is 70.6 cm³/mol. The van der Waals surface area contributed by atoms with Crippen LogP contribution in [-0.4, -0.2) is 54.9 Å². The maximum absolute atomic E-state index is 12.1. The fourth-order valence-electron chi connectivity index (χ4n) is 2.34. The molecule has 2 heterocycles. The van der Waals surface area contributed by atoms with E-state index in [4.69, 9.17) is 4.74 Å². The molecule has 0 spiro atoms. The molecule has 2 aliphatic heterocycles. The molecule has 0 radical (unpaired) electrons. The summed E-state index contributed by atoms with van der Waals surface area (Å²) in [6.07, 6.45) is 1.99. The average Bonchev–Trinajstić information content (AvgIpc) is 2.60. The molecule has 5 nitrogen and oxygen atoms in total. The molecule has 2 rings (SSSR count). The summed E-state index contributed by atoms with van der Waals surface area (Å²) in [6.45, 7) is 9.52. The molecule has 1 atom stereocenters. The Labute approximate surface area is 109 Å². The van der Waals surface area contributed by atoms with Crippen molar-refractivity contribution in [3.8, 4) is 0 Å². The van der Waals surface area contributed by atoms with Gasteiger partial charge in [-0.1, -0.05) is 0 Å². The molecule has 0 aliphatic carbocycles. The van der Waals surface area contributed by atoms with E-state index in [0.29, 0.717) is 12.1 Å². The maximum atomic E-state index is 12.1. The quantitative estimate of drug-likeness (QED) is 0.788. The lowest BCUT2D eigenvalue weighted by atomic mass is 10.1. The first-order valence-corrected chi connectivity index (χ1v) is 6.89. The number of nitrogens with one attached hydrogen (secondary N) is 2. The van der Waals surface area contributed by atoms with Crippen LogP contribution in [0.5, 0.6) is 0 Å². The Balaban J connectivity index is 1.80. The molecule has 104 valence electrons. The van der Waals surface area contributed by atoms with Gasteiger partial charge in [-0.3, -0.25) is 0 Å². The summed E-state index contributed by atoms with van der Waals surface area (Å²) in [7, 11) is 0. The molecule has 0 bridgehead atoms. The second-order valence-corrected chi connectivity index (χ2v) is 6.23. The van der Waals surface area contributed by atoms with Crippen molar-refractivity contribution in [1.29, 1.82) is 0 Å². The van der Waals surface area contributed by atoms with Gasteiger partial charge in [0.1, 0.15) is 5.60 Å². The van der Waals surface area contributed by atoms with Crippen LogP contribution in [0.25, 0.3) is 0 Å². The summed E-state index contributed by atoms with van der Waals surface area (Å²) in [5.74, 6) is 0. The van der Waals surface area contributed by atoms with Crippen LogP contribution in [0.3, 0.4) is 0 Å². The van der Waals surface area contributed by atoms with Crippen LogP contribution < -0.4 is 10.6 Å². The van der Waals surface area contributed by atoms with Gasteiger partial charge in [0, 0.05) is 38.3 Å². The van der Waals surface area contributed by atoms with Gasteiger partial charge in [-0.25, -0.2) is 4.79 Å². The number of carbonyl (C=O) groups excluding carboxylic acids is 1. The Morgan fingerprint density at radius 2 is 2.17 bits per heavy atom. The zero-order valence-electron chi connectivity index (χ0n) is 11.7. The van der Waals surface area contributed by atoms with Crippen molar-refractivity contribution in [2.75, 3.05) is 26.2 Å². The number of nitrogens with zero attached hydrogens (tertiary/aromatic N) is 1. The zero-order valence-corrected chi connectivity index (χ0v) is 11.7. The monoisotopic (exact) mass is 255 g/mol. The third kappa shape index (κ3) is 3.59. The molecule has 1 unspecified atom stereocenters. The molecule has 2 N–H and O–H groups in total. The molecule has 1 amide bonds. The van der Waals surface area contributed by atoms with Crippen LogP contribution in [0, 0.1) is 0 Å². The molecule has 0 saturated carbocycles. The predicted octanol–water partition coefficient (Wildman–Crippen LogP) is 0.947. The molecule has 2 saturated heterocycles. The molecule has 2 aliphatic rings. The van der Waals surface area contributed by atoms with E-state index >= 15 is 0 Å². The molecular formula is C13H25N3O2. The Morgan fingerprint density at radius 1 is 1.44 bits per heavy atom. The van der Waals surface area contributed by atoms with Gasteiger partial charge in [-0.2, -0.15) is 0 Å². The number of hydrogen-bond acceptors (Lipinski definition) is 4. The number of carbonyl (C=O) groups is 1. The summed E-state index contributed by atoms with van der Waals surface area (Å²) in [4.78, 5) is 13.9. The van der Waals surface area contributed by atoms with E-state index in [1.807, 2.05) is 25.7 Å². The maximum Gasteiger partial charge on any atom is 0.410 e. The first kappa shape index (κ1) is 13.6. The van der Waals surface area contributed by atoms with E-state index in [-0.39, 0.29) is 6.09 Å². The highest BCUT2D eigenvalue weighted by Gasteiger charge is 2.32. The first-order valence-electron chi connectivity index (χ1n) is 6.89. The normalized spacial score (nSPS) is 25.1. The van der Waals surface area contributed by atoms with Crippen LogP contribution >= 0.6 is 0 Å². The number of amides is 1. The van der Waals surface area contributed by atoms with Crippen LogP contribution in [0.4, 0.5) is 4.79 Å². The topological polar surface area (TPSA) is 53.6 Å². The lowest BCUT2D eigenvalue weighted by Crippen LogP contribution is -2.57. The van der Waals surface area contributed by atoms with Crippen molar-refractivity contribution in [3.63, 3.8) is 0 Å². The largest absolute Gasteiger partial charge is 0.444 e. The summed E-state index contributed by atoms with van der Waals surface area (Å²) in [5, 5.41) is 6.73. The van der Waals surface area contributed by atoms with Crippen molar-refractivity contribution in [2.24, 2.45) is 0 Å². The summed E-state index contributed by atoms with van der Waals surface area (Å²) < 4.78 is 5.45. The number of ether oxygens (including phenoxy) is 1. The molecule has 2 fully saturated rings. The van der Waals surface area contributed by atoms with E-state index in [1.165, 1.54) is 0 Å². The Bertz CT molecular complexity index is 297. The highest BCUT2D eigenvalue weighted by molar-refractivity contribution is 5.69. The fourth-order valence-corrected chi connectivity index (χ4v) is 2.34. The minimum atomic E-state index is -0.407. The van der Waals surface area contributed by atoms with Crippen LogP contribution in [0.15, 0.2) is 0 Å². The van der Waals surface area contributed by atoms with Crippen LogP contribution in [0.1, 0.15) is 33.6 Å². The zero-order chi connectivity index (χ0) is 13.2. The van der Waals surface area contributed by atoms with Crippen LogP contribution in [-0.2, 0) is 4.74 Å². The van der Waals surface area contributed by atoms with E-state index < -0.39 is 5.60 Å². The molecular weight excluding hydrogens is 230 g/mol. The second-order valence-electron chi connectivity index (χ2n) is 6.23. The van der Waals surface area contributed by atoms with Gasteiger partial charge < -0.3 is 20.3 Å². The Hall–Kier alpha value is -0.810. The molecule has 18 heavy (non-hydrogen) atoms. The van der Waals surface area contributed by atoms with Gasteiger partial charge in [-0.15, -0.1) is 0 Å². The summed E-state index contributed by atoms with van der Waals surface area (Å²) in [6, 6.07) is 0.867. The van der Waals surface area contributed by atoms with E-state index in [9.17, 15) is 4.79 Å². The lowest BCUT2D eigenvalue weighted by Gasteiger charge is -2.32. The molecule has 0 aromatic carbocycles. The number of likely N-dealkylation sites (tertiary alicyclic amines) is 1. The lowest BCUT2D eigenvalue weighted by molar-refractivity contribution is 0.0223. The van der Waals surface area contributed by atoms with Gasteiger partial charge in [0.05, 0.1) is 0 Å². The fraction of sp³-hybridized carbons (Fsp3) is 0.923. The Kier molecular flexibility index (Phi) is 4.12. The van der Waals surface area contributed by atoms with E-state index in [0.717, 1.165) is 39.0 Å².